The fourth-order valence-corrected chi connectivity index (χ4v) is 16.6. The number of carbonyl (C=O) groups is 3. The number of methoxy groups -OCH3 is 2. The second-order valence-electron chi connectivity index (χ2n) is 23.6. The summed E-state index contributed by atoms with van der Waals surface area (Å²) in [7, 11) is 5.01. The molecule has 9 aliphatic rings. The normalized spacial score (nSPS) is 39.3. The average Bonchev–Trinajstić information content (AvgIpc) is 4.02. The highest BCUT2D eigenvalue weighted by Crippen LogP contribution is 2.68. The first kappa shape index (κ1) is 48.0. The van der Waals surface area contributed by atoms with Gasteiger partial charge in [0, 0.05) is 110 Å². The molecule has 10 atom stereocenters. The van der Waals surface area contributed by atoms with Crippen molar-refractivity contribution in [3.05, 3.63) is 77.4 Å². The molecule has 12 rings (SSSR count). The Labute approximate surface area is 412 Å². The molecule has 6 fully saturated rings. The predicted molar refractivity (Wildman–Crippen MR) is 268 cm³/mol. The van der Waals surface area contributed by atoms with Crippen molar-refractivity contribution in [2.24, 2.45) is 22.2 Å². The zero-order valence-electron chi connectivity index (χ0n) is 42.2. The number of ether oxygens (including phenoxy) is 2. The van der Waals surface area contributed by atoms with Gasteiger partial charge in [-0.3, -0.25) is 24.2 Å². The lowest BCUT2D eigenvalue weighted by molar-refractivity contribution is -0.204. The van der Waals surface area contributed by atoms with Crippen LogP contribution < -0.4 is 20.3 Å². The fourth-order valence-electron chi connectivity index (χ4n) is 16.6. The second-order valence-corrected chi connectivity index (χ2v) is 23.6. The first-order valence-electron chi connectivity index (χ1n) is 26.2. The number of para-hydroxylation sites is 1. The van der Waals surface area contributed by atoms with Gasteiger partial charge in [-0.15, -0.1) is 0 Å². The first-order chi connectivity index (χ1) is 33.5. The van der Waals surface area contributed by atoms with Crippen LogP contribution in [0.5, 0.6) is 5.75 Å². The summed E-state index contributed by atoms with van der Waals surface area (Å²) in [6.07, 6.45) is 13.4. The van der Waals surface area contributed by atoms with E-state index in [2.05, 4.69) is 56.6 Å². The number of esters is 1. The molecule has 2 saturated heterocycles. The van der Waals surface area contributed by atoms with Crippen LogP contribution >= 0.6 is 0 Å². The van der Waals surface area contributed by atoms with Crippen LogP contribution in [-0.4, -0.2) is 151 Å². The van der Waals surface area contributed by atoms with Gasteiger partial charge in [0.05, 0.1) is 25.9 Å². The molecule has 70 heavy (non-hydrogen) atoms. The highest BCUT2D eigenvalue weighted by Gasteiger charge is 2.79. The van der Waals surface area contributed by atoms with Crippen LogP contribution in [0.2, 0.25) is 0 Å². The Bertz CT molecular complexity index is 2600. The minimum Gasteiger partial charge on any atom is -0.496 e. The van der Waals surface area contributed by atoms with Crippen LogP contribution in [0, 0.1) is 28.6 Å². The number of hydrogen-bond donors (Lipinski definition) is 6. The largest absolute Gasteiger partial charge is 0.496 e. The Morgan fingerprint density at radius 3 is 2.37 bits per heavy atom. The summed E-state index contributed by atoms with van der Waals surface area (Å²) in [6.45, 7) is 10.8. The van der Waals surface area contributed by atoms with Crippen LogP contribution in [0.25, 0.3) is 10.9 Å². The van der Waals surface area contributed by atoms with Crippen LogP contribution in [0.1, 0.15) is 107 Å². The molecule has 6 N–H and O–H groups in total. The van der Waals surface area contributed by atoms with Gasteiger partial charge in [0.1, 0.15) is 23.1 Å². The van der Waals surface area contributed by atoms with E-state index in [-0.39, 0.29) is 35.0 Å². The molecule has 5 aliphatic heterocycles. The topological polar surface area (TPSA) is 180 Å². The second kappa shape index (κ2) is 16.9. The van der Waals surface area contributed by atoms with Crippen LogP contribution in [-0.2, 0) is 36.4 Å². The number of likely N-dealkylation sites (N-methyl/N-ethyl adjacent to an activating group) is 1. The molecule has 1 spiro atoms. The van der Waals surface area contributed by atoms with Gasteiger partial charge < -0.3 is 45.3 Å². The number of nitrogens with one attached hydrogen (secondary N) is 3. The van der Waals surface area contributed by atoms with Gasteiger partial charge in [-0.25, -0.2) is 0 Å². The zero-order chi connectivity index (χ0) is 49.2. The smallest absolute Gasteiger partial charge is 0.322 e. The molecule has 1 amide bonds. The maximum atomic E-state index is 15.5. The van der Waals surface area contributed by atoms with E-state index in [1.54, 1.807) is 14.0 Å². The van der Waals surface area contributed by atoms with Crippen LogP contribution in [0.4, 0.5) is 5.69 Å². The molecular weight excluding hydrogens is 885 g/mol. The lowest BCUT2D eigenvalue weighted by Gasteiger charge is -2.63. The number of amides is 1. The van der Waals surface area contributed by atoms with E-state index < -0.39 is 51.5 Å². The number of aliphatic hydroxyl groups is 3. The van der Waals surface area contributed by atoms with E-state index >= 15 is 9.59 Å². The number of fused-ring (bicyclic) bond motifs is 9. The highest BCUT2D eigenvalue weighted by molar-refractivity contribution is 5.95. The molecule has 4 aliphatic carbocycles. The molecule has 14 nitrogen and oxygen atoms in total. The summed E-state index contributed by atoms with van der Waals surface area (Å²) in [5, 5.41) is 46.6. The molecule has 2 aromatic carbocycles. The zero-order valence-corrected chi connectivity index (χ0v) is 42.2. The number of aromatic nitrogens is 1. The maximum absolute atomic E-state index is 15.5. The van der Waals surface area contributed by atoms with Gasteiger partial charge in [-0.05, 0) is 131 Å². The Balaban J connectivity index is 1.04. The summed E-state index contributed by atoms with van der Waals surface area (Å²) in [5.74, 6) is -0.539. The summed E-state index contributed by atoms with van der Waals surface area (Å²) >= 11 is 0. The van der Waals surface area contributed by atoms with E-state index in [1.165, 1.54) is 7.11 Å². The summed E-state index contributed by atoms with van der Waals surface area (Å²) in [6, 6.07) is 11.2. The summed E-state index contributed by atoms with van der Waals surface area (Å²) < 4.78 is 12.4. The van der Waals surface area contributed by atoms with Crippen molar-refractivity contribution >= 4 is 34.3 Å². The molecule has 5 unspecified atom stereocenters. The number of piperidine rings is 1. The molecule has 4 saturated carbocycles. The van der Waals surface area contributed by atoms with Crippen molar-refractivity contribution < 1.29 is 39.2 Å². The average molecular weight is 960 g/mol. The third kappa shape index (κ3) is 6.81. The number of anilines is 1. The third-order valence-electron chi connectivity index (χ3n) is 19.8. The van der Waals surface area contributed by atoms with Crippen molar-refractivity contribution in [1.29, 1.82) is 0 Å². The van der Waals surface area contributed by atoms with Gasteiger partial charge >= 0.3 is 5.97 Å². The van der Waals surface area contributed by atoms with E-state index in [4.69, 9.17) is 9.47 Å². The third-order valence-corrected chi connectivity index (χ3v) is 19.8. The molecular formula is C56H75N6O8. The number of rotatable bonds is 12. The van der Waals surface area contributed by atoms with Gasteiger partial charge in [0.25, 0.3) is 5.91 Å². The predicted octanol–water partition coefficient (Wildman–Crippen LogP) is 4.70. The Morgan fingerprint density at radius 2 is 1.67 bits per heavy atom. The molecule has 1 radical (unpaired) electrons. The number of hydrogen-bond acceptors (Lipinski definition) is 12. The minimum atomic E-state index is -2.25. The van der Waals surface area contributed by atoms with Crippen molar-refractivity contribution in [1.82, 2.24) is 25.4 Å². The van der Waals surface area contributed by atoms with Crippen molar-refractivity contribution in [2.75, 3.05) is 78.5 Å². The lowest BCUT2D eigenvalue weighted by atomic mass is 9.47. The summed E-state index contributed by atoms with van der Waals surface area (Å²) in [4.78, 5) is 53.1. The number of Topliss-reactive ketones (excluding diaryl/α,β-unsaturated/α-hetero) is 1. The molecule has 6 heterocycles. The van der Waals surface area contributed by atoms with Gasteiger partial charge in [-0.2, -0.15) is 0 Å². The number of nitrogens with zero attached hydrogens (tertiary/aromatic N) is 3. The number of aliphatic hydroxyl groups excluding tert-OH is 1. The minimum absolute atomic E-state index is 0.0997. The Morgan fingerprint density at radius 1 is 0.943 bits per heavy atom. The molecule has 14 heteroatoms. The van der Waals surface area contributed by atoms with Crippen molar-refractivity contribution in [2.45, 2.75) is 132 Å². The number of H-pyrrole nitrogens is 1. The quantitative estimate of drug-likeness (QED) is 0.0840. The summed E-state index contributed by atoms with van der Waals surface area (Å²) in [5.41, 5.74) is -1.52. The van der Waals surface area contributed by atoms with Crippen LogP contribution in [0.15, 0.2) is 48.6 Å². The van der Waals surface area contributed by atoms with E-state index in [0.717, 1.165) is 78.5 Å². The fraction of sp³-hybridized carbons (Fsp3) is 0.643. The van der Waals surface area contributed by atoms with Crippen molar-refractivity contribution in [3.63, 3.8) is 0 Å². The van der Waals surface area contributed by atoms with Crippen LogP contribution in [0.3, 0.4) is 0 Å². The maximum Gasteiger partial charge on any atom is 0.322 e. The highest BCUT2D eigenvalue weighted by atomic mass is 16.5. The van der Waals surface area contributed by atoms with E-state index in [0.29, 0.717) is 82.8 Å². The van der Waals surface area contributed by atoms with Gasteiger partial charge in [0.15, 0.2) is 5.60 Å². The number of carbonyl (C=O) groups excluding carboxylic acids is 3. The monoisotopic (exact) mass is 960 g/mol. The number of aromatic amines is 1. The van der Waals surface area contributed by atoms with E-state index in [9.17, 15) is 20.1 Å². The van der Waals surface area contributed by atoms with Crippen molar-refractivity contribution in [3.8, 4) is 5.75 Å². The Kier molecular flexibility index (Phi) is 11.6. The number of benzene rings is 2. The molecule has 3 aromatic rings. The van der Waals surface area contributed by atoms with Gasteiger partial charge in [-0.1, -0.05) is 37.3 Å². The Hall–Kier alpha value is -4.31. The molecule has 377 valence electrons. The molecule has 1 aromatic heterocycles. The standard InChI is InChI=1S/C56H75N6O8/c1-7-53-15-10-24-62-26-22-54(45(53)62)39-27-40(55(49(66)70-6)30-36-29-50(3,67)34-61(31-36)25-14-38-37-11-8-9-12-41(37)59-44(38)55)43(69-5)28-42(39)60(4)46(54)56(68,47(53)64)48(65)58-33-52-19-16-51(17-20-52,18-21-52)32-57-23-13-35(2)63/h8-12,15,27-29,36,45-47,57,59,64,67-68H,7,13-14,16-26,30-34H2,1-6H3,(H,58,65)/t36?,45?,46?,47-,50+,51?,52?,53-,54?,55+,56+/m1/s1. The first-order valence-corrected chi connectivity index (χ1v) is 26.2. The SMILES string of the molecule is CC[C@]12C=CCN3CCC4(c5cc([C@@]6(C(=O)OC)CC7[CH][C@](C)(O)CN(CCc8c6[nH]c6ccccc86)C7)c(OC)cc5N(C)C4[C@@](O)(C(=O)NCC45CCC(CNCCC(C)=O)(CC4)CC5)[C@@H]1O)C32. The van der Waals surface area contributed by atoms with E-state index in [1.807, 2.05) is 49.6 Å². The number of ketones is 1. The lowest BCUT2D eigenvalue weighted by Crippen LogP contribution is -2.82. The van der Waals surface area contributed by atoms with Gasteiger partial charge in [0.2, 0.25) is 0 Å². The molecule has 4 bridgehead atoms.